The molecule has 1 saturated heterocycles. The number of hydrogen-bond donors (Lipinski definition) is 1. The fourth-order valence-corrected chi connectivity index (χ4v) is 2.59. The molecule has 0 aliphatic carbocycles. The van der Waals surface area contributed by atoms with E-state index in [4.69, 9.17) is 0 Å². The molecule has 0 aromatic heterocycles. The summed E-state index contributed by atoms with van der Waals surface area (Å²) in [4.78, 5) is 14.1. The molecule has 0 bridgehead atoms. The summed E-state index contributed by atoms with van der Waals surface area (Å²) >= 11 is 3.11. The van der Waals surface area contributed by atoms with Gasteiger partial charge in [-0.15, -0.1) is 0 Å². The molecular weight excluding hydrogens is 299 g/mol. The summed E-state index contributed by atoms with van der Waals surface area (Å²) in [7, 11) is 1.91. The number of hydrogen-bond acceptors (Lipinski definition) is 2. The predicted octanol–water partition coefficient (Wildman–Crippen LogP) is 2.41. The van der Waals surface area contributed by atoms with Gasteiger partial charge < -0.3 is 10.2 Å². The quantitative estimate of drug-likeness (QED) is 0.909. The molecule has 1 aromatic rings. The maximum absolute atomic E-state index is 13.1. The Morgan fingerprint density at radius 3 is 3.00 bits per heavy atom. The van der Waals surface area contributed by atoms with Gasteiger partial charge in [0, 0.05) is 24.7 Å². The van der Waals surface area contributed by atoms with Gasteiger partial charge in [-0.05, 0) is 54.0 Å². The number of rotatable bonds is 2. The highest BCUT2D eigenvalue weighted by molar-refractivity contribution is 9.10. The van der Waals surface area contributed by atoms with Crippen molar-refractivity contribution in [2.45, 2.75) is 18.9 Å². The summed E-state index contributed by atoms with van der Waals surface area (Å²) < 4.78 is 13.5. The van der Waals surface area contributed by atoms with Crippen LogP contribution in [-0.4, -0.2) is 37.0 Å². The smallest absolute Gasteiger partial charge is 0.253 e. The van der Waals surface area contributed by atoms with E-state index in [0.717, 1.165) is 19.4 Å². The topological polar surface area (TPSA) is 32.3 Å². The molecule has 3 nitrogen and oxygen atoms in total. The van der Waals surface area contributed by atoms with Gasteiger partial charge in [0.2, 0.25) is 0 Å². The first-order valence-corrected chi connectivity index (χ1v) is 6.82. The Balaban J connectivity index is 2.12. The van der Waals surface area contributed by atoms with Crippen molar-refractivity contribution >= 4 is 21.8 Å². The van der Waals surface area contributed by atoms with Gasteiger partial charge in [-0.3, -0.25) is 4.79 Å². The van der Waals surface area contributed by atoms with Gasteiger partial charge in [0.15, 0.2) is 0 Å². The van der Waals surface area contributed by atoms with Crippen molar-refractivity contribution in [1.29, 1.82) is 0 Å². The van der Waals surface area contributed by atoms with Crippen LogP contribution < -0.4 is 5.32 Å². The maximum atomic E-state index is 13.1. The van der Waals surface area contributed by atoms with Gasteiger partial charge in [-0.1, -0.05) is 0 Å². The van der Waals surface area contributed by atoms with Crippen molar-refractivity contribution in [2.24, 2.45) is 0 Å². The molecule has 98 valence electrons. The SMILES string of the molecule is CNC1CCCN(C(=O)c2ccc(F)c(Br)c2)C1. The van der Waals surface area contributed by atoms with E-state index in [2.05, 4.69) is 21.2 Å². The fourth-order valence-electron chi connectivity index (χ4n) is 2.21. The third-order valence-electron chi connectivity index (χ3n) is 3.28. The molecule has 0 radical (unpaired) electrons. The van der Waals surface area contributed by atoms with Crippen molar-refractivity contribution in [3.63, 3.8) is 0 Å². The number of piperidine rings is 1. The van der Waals surface area contributed by atoms with Gasteiger partial charge >= 0.3 is 0 Å². The number of nitrogens with one attached hydrogen (secondary N) is 1. The Morgan fingerprint density at radius 1 is 1.56 bits per heavy atom. The number of carbonyl (C=O) groups is 1. The molecule has 1 N–H and O–H groups in total. The molecule has 18 heavy (non-hydrogen) atoms. The van der Waals surface area contributed by atoms with Crippen molar-refractivity contribution in [3.8, 4) is 0 Å². The second-order valence-electron chi connectivity index (χ2n) is 4.51. The number of halogens is 2. The van der Waals surface area contributed by atoms with Crippen LogP contribution in [0.4, 0.5) is 4.39 Å². The average Bonchev–Trinajstić information content (AvgIpc) is 2.41. The van der Waals surface area contributed by atoms with E-state index in [1.807, 2.05) is 11.9 Å². The lowest BCUT2D eigenvalue weighted by Crippen LogP contribution is -2.46. The lowest BCUT2D eigenvalue weighted by Gasteiger charge is -2.32. The van der Waals surface area contributed by atoms with Crippen molar-refractivity contribution in [2.75, 3.05) is 20.1 Å². The number of carbonyl (C=O) groups excluding carboxylic acids is 1. The fraction of sp³-hybridized carbons (Fsp3) is 0.462. The van der Waals surface area contributed by atoms with E-state index >= 15 is 0 Å². The largest absolute Gasteiger partial charge is 0.337 e. The first-order chi connectivity index (χ1) is 8.61. The minimum absolute atomic E-state index is 0.0318. The monoisotopic (exact) mass is 314 g/mol. The zero-order valence-corrected chi connectivity index (χ0v) is 11.8. The van der Waals surface area contributed by atoms with Crippen LogP contribution in [-0.2, 0) is 0 Å². The van der Waals surface area contributed by atoms with Crippen LogP contribution in [0.3, 0.4) is 0 Å². The summed E-state index contributed by atoms with van der Waals surface area (Å²) in [5.74, 6) is -0.381. The second kappa shape index (κ2) is 5.80. The molecule has 1 aromatic carbocycles. The van der Waals surface area contributed by atoms with Gasteiger partial charge in [0.05, 0.1) is 4.47 Å². The normalized spacial score (nSPS) is 19.9. The summed E-state index contributed by atoms with van der Waals surface area (Å²) in [5, 5.41) is 3.20. The number of likely N-dealkylation sites (tertiary alicyclic amines) is 1. The van der Waals surface area contributed by atoms with Crippen LogP contribution in [0.15, 0.2) is 22.7 Å². The Labute approximate surface area is 114 Å². The highest BCUT2D eigenvalue weighted by Gasteiger charge is 2.23. The van der Waals surface area contributed by atoms with Crippen LogP contribution in [0.2, 0.25) is 0 Å². The molecule has 1 unspecified atom stereocenters. The van der Waals surface area contributed by atoms with E-state index in [9.17, 15) is 9.18 Å². The minimum atomic E-state index is -0.349. The van der Waals surface area contributed by atoms with E-state index in [1.165, 1.54) is 12.1 Å². The van der Waals surface area contributed by atoms with Crippen LogP contribution in [0.5, 0.6) is 0 Å². The van der Waals surface area contributed by atoms with Crippen LogP contribution in [0.1, 0.15) is 23.2 Å². The number of nitrogens with zero attached hydrogens (tertiary/aromatic N) is 1. The molecule has 2 rings (SSSR count). The van der Waals surface area contributed by atoms with E-state index in [1.54, 1.807) is 6.07 Å². The summed E-state index contributed by atoms with van der Waals surface area (Å²) in [6.07, 6.45) is 2.09. The molecule has 5 heteroatoms. The van der Waals surface area contributed by atoms with E-state index in [-0.39, 0.29) is 11.7 Å². The Hall–Kier alpha value is -0.940. The number of likely N-dealkylation sites (N-methyl/N-ethyl adjacent to an activating group) is 1. The molecule has 1 heterocycles. The zero-order chi connectivity index (χ0) is 13.1. The van der Waals surface area contributed by atoms with Crippen molar-refractivity contribution in [1.82, 2.24) is 10.2 Å². The minimum Gasteiger partial charge on any atom is -0.337 e. The first kappa shape index (κ1) is 13.5. The Bertz CT molecular complexity index is 453. The van der Waals surface area contributed by atoms with E-state index < -0.39 is 0 Å². The lowest BCUT2D eigenvalue weighted by molar-refractivity contribution is 0.0698. The predicted molar refractivity (Wildman–Crippen MR) is 72.1 cm³/mol. The molecule has 1 fully saturated rings. The highest BCUT2D eigenvalue weighted by atomic mass is 79.9. The molecular formula is C13H16BrFN2O. The molecule has 0 spiro atoms. The van der Waals surface area contributed by atoms with Crippen molar-refractivity contribution in [3.05, 3.63) is 34.1 Å². The lowest BCUT2D eigenvalue weighted by atomic mass is 10.0. The van der Waals surface area contributed by atoms with Crippen LogP contribution in [0.25, 0.3) is 0 Å². The Kier molecular flexibility index (Phi) is 4.35. The van der Waals surface area contributed by atoms with Gasteiger partial charge in [-0.2, -0.15) is 0 Å². The summed E-state index contributed by atoms with van der Waals surface area (Å²) in [5.41, 5.74) is 0.528. The van der Waals surface area contributed by atoms with Crippen LogP contribution >= 0.6 is 15.9 Å². The zero-order valence-electron chi connectivity index (χ0n) is 10.2. The number of amides is 1. The Morgan fingerprint density at radius 2 is 2.33 bits per heavy atom. The van der Waals surface area contributed by atoms with Gasteiger partial charge in [0.25, 0.3) is 5.91 Å². The first-order valence-electron chi connectivity index (χ1n) is 6.03. The summed E-state index contributed by atoms with van der Waals surface area (Å²) in [6, 6.07) is 4.75. The second-order valence-corrected chi connectivity index (χ2v) is 5.36. The van der Waals surface area contributed by atoms with Gasteiger partial charge in [-0.25, -0.2) is 4.39 Å². The average molecular weight is 315 g/mol. The standard InChI is InChI=1S/C13H16BrFN2O/c1-16-10-3-2-6-17(8-10)13(18)9-4-5-12(15)11(14)7-9/h4-5,7,10,16H,2-3,6,8H2,1H3. The molecule has 0 saturated carbocycles. The van der Waals surface area contributed by atoms with Crippen molar-refractivity contribution < 1.29 is 9.18 Å². The van der Waals surface area contributed by atoms with E-state index in [0.29, 0.717) is 22.6 Å². The molecule has 1 amide bonds. The summed E-state index contributed by atoms with van der Waals surface area (Å²) in [6.45, 7) is 1.48. The van der Waals surface area contributed by atoms with Gasteiger partial charge in [0.1, 0.15) is 5.82 Å². The molecule has 1 aliphatic rings. The third-order valence-corrected chi connectivity index (χ3v) is 3.89. The molecule has 1 aliphatic heterocycles. The van der Waals surface area contributed by atoms with Crippen LogP contribution in [0, 0.1) is 5.82 Å². The molecule has 1 atom stereocenters. The number of benzene rings is 1. The maximum Gasteiger partial charge on any atom is 0.253 e. The third kappa shape index (κ3) is 2.90. The highest BCUT2D eigenvalue weighted by Crippen LogP contribution is 2.19.